The van der Waals surface area contributed by atoms with Gasteiger partial charge in [-0.15, -0.1) is 0 Å². The Morgan fingerprint density at radius 3 is 2.14 bits per heavy atom. The number of unbranched alkanes of at least 4 members (excludes halogenated alkanes) is 2. The molecule has 0 aliphatic carbocycles. The number of phosphoric ester groups is 1. The molecule has 6 heteroatoms. The Balaban J connectivity index is 2.74. The fourth-order valence-corrected chi connectivity index (χ4v) is 2.79. The Morgan fingerprint density at radius 2 is 1.67 bits per heavy atom. The maximum absolute atomic E-state index is 13.2. The molecular weight excluding hydrogens is 294 g/mol. The zero-order chi connectivity index (χ0) is 15.7. The van der Waals surface area contributed by atoms with E-state index in [0.29, 0.717) is 18.8 Å². The Morgan fingerprint density at radius 1 is 1.10 bits per heavy atom. The SMILES string of the molecule is CCCCOP(=O)(OCCCC)Oc1ccc(F)c(C)c1. The van der Waals surface area contributed by atoms with E-state index in [4.69, 9.17) is 13.6 Å². The predicted molar refractivity (Wildman–Crippen MR) is 81.1 cm³/mol. The quantitative estimate of drug-likeness (QED) is 0.436. The predicted octanol–water partition coefficient (Wildman–Crippen LogP) is 5.25. The number of aryl methyl sites for hydroxylation is 1. The van der Waals surface area contributed by atoms with Crippen LogP contribution in [0.1, 0.15) is 45.1 Å². The fourth-order valence-electron chi connectivity index (χ4n) is 1.53. The first kappa shape index (κ1) is 18.1. The molecule has 0 aromatic heterocycles. The standard InChI is InChI=1S/C15H24FO4P/c1-4-6-10-18-21(17,19-11-7-5-2)20-14-8-9-15(16)13(3)12-14/h8-9,12H,4-7,10-11H2,1-3H3. The van der Waals surface area contributed by atoms with Crippen molar-refractivity contribution in [3.63, 3.8) is 0 Å². The Hall–Kier alpha value is -0.900. The van der Waals surface area contributed by atoms with Gasteiger partial charge < -0.3 is 4.52 Å². The number of halogens is 1. The molecule has 0 fully saturated rings. The van der Waals surface area contributed by atoms with E-state index in [1.54, 1.807) is 6.92 Å². The molecule has 0 radical (unpaired) electrons. The molecule has 0 aliphatic heterocycles. The maximum atomic E-state index is 13.2. The summed E-state index contributed by atoms with van der Waals surface area (Å²) in [5.41, 5.74) is 0.418. The van der Waals surface area contributed by atoms with Crippen molar-refractivity contribution in [2.75, 3.05) is 13.2 Å². The first-order valence-corrected chi connectivity index (χ1v) is 8.81. The topological polar surface area (TPSA) is 44.8 Å². The Bertz CT molecular complexity index is 465. The molecule has 0 unspecified atom stereocenters. The van der Waals surface area contributed by atoms with E-state index < -0.39 is 7.82 Å². The van der Waals surface area contributed by atoms with Crippen LogP contribution in [0.5, 0.6) is 5.75 Å². The van der Waals surface area contributed by atoms with Crippen molar-refractivity contribution in [1.82, 2.24) is 0 Å². The van der Waals surface area contributed by atoms with Gasteiger partial charge >= 0.3 is 7.82 Å². The molecule has 0 amide bonds. The largest absolute Gasteiger partial charge is 0.530 e. The van der Waals surface area contributed by atoms with Gasteiger partial charge in [0.1, 0.15) is 11.6 Å². The smallest absolute Gasteiger partial charge is 0.404 e. The molecule has 0 spiro atoms. The summed E-state index contributed by atoms with van der Waals surface area (Å²) in [6.07, 6.45) is 3.38. The lowest BCUT2D eigenvalue weighted by molar-refractivity contribution is 0.152. The van der Waals surface area contributed by atoms with Crippen LogP contribution in [0.25, 0.3) is 0 Å². The van der Waals surface area contributed by atoms with Crippen LogP contribution in [0.15, 0.2) is 18.2 Å². The number of hydrogen-bond donors (Lipinski definition) is 0. The van der Waals surface area contributed by atoms with Crippen molar-refractivity contribution in [3.8, 4) is 5.75 Å². The van der Waals surface area contributed by atoms with Gasteiger partial charge in [-0.1, -0.05) is 26.7 Å². The summed E-state index contributed by atoms with van der Waals surface area (Å²) >= 11 is 0. The Labute approximate surface area is 126 Å². The van der Waals surface area contributed by atoms with Crippen molar-refractivity contribution in [2.45, 2.75) is 46.5 Å². The molecule has 1 rings (SSSR count). The first-order valence-electron chi connectivity index (χ1n) is 7.35. The van der Waals surface area contributed by atoms with E-state index in [1.807, 2.05) is 13.8 Å². The lowest BCUT2D eigenvalue weighted by atomic mass is 10.2. The molecule has 0 N–H and O–H groups in total. The van der Waals surface area contributed by atoms with E-state index >= 15 is 0 Å². The van der Waals surface area contributed by atoms with Crippen molar-refractivity contribution >= 4 is 7.82 Å². The summed E-state index contributed by atoms with van der Waals surface area (Å²) in [4.78, 5) is 0. The van der Waals surface area contributed by atoms with Crippen LogP contribution in [-0.4, -0.2) is 13.2 Å². The third-order valence-corrected chi connectivity index (χ3v) is 4.27. The molecule has 0 saturated carbocycles. The molecule has 1 aromatic rings. The minimum absolute atomic E-state index is 0.283. The molecule has 1 aromatic carbocycles. The average molecular weight is 318 g/mol. The second-order valence-corrected chi connectivity index (χ2v) is 6.42. The van der Waals surface area contributed by atoms with Crippen LogP contribution in [0.3, 0.4) is 0 Å². The number of benzene rings is 1. The van der Waals surface area contributed by atoms with Gasteiger partial charge in [0.05, 0.1) is 13.2 Å². The lowest BCUT2D eigenvalue weighted by Crippen LogP contribution is -2.05. The summed E-state index contributed by atoms with van der Waals surface area (Å²) in [6, 6.07) is 4.17. The molecular formula is C15H24FO4P. The van der Waals surface area contributed by atoms with Gasteiger partial charge in [0.25, 0.3) is 0 Å². The number of hydrogen-bond acceptors (Lipinski definition) is 4. The van der Waals surface area contributed by atoms with Crippen molar-refractivity contribution in [2.24, 2.45) is 0 Å². The molecule has 0 atom stereocenters. The van der Waals surface area contributed by atoms with Crippen LogP contribution < -0.4 is 4.52 Å². The summed E-state index contributed by atoms with van der Waals surface area (Å²) in [5.74, 6) is -0.0544. The fraction of sp³-hybridized carbons (Fsp3) is 0.600. The first-order chi connectivity index (χ1) is 10.0. The summed E-state index contributed by atoms with van der Waals surface area (Å²) in [6.45, 7) is 6.25. The Kier molecular flexibility index (Phi) is 7.94. The van der Waals surface area contributed by atoms with Crippen molar-refractivity contribution in [1.29, 1.82) is 0 Å². The van der Waals surface area contributed by atoms with E-state index in [2.05, 4.69) is 0 Å². The van der Waals surface area contributed by atoms with E-state index in [1.165, 1.54) is 18.2 Å². The van der Waals surface area contributed by atoms with Gasteiger partial charge in [0, 0.05) is 0 Å². The van der Waals surface area contributed by atoms with Gasteiger partial charge in [-0.25, -0.2) is 8.96 Å². The molecule has 0 saturated heterocycles. The third kappa shape index (κ3) is 6.60. The summed E-state index contributed by atoms with van der Waals surface area (Å²) in [7, 11) is -3.66. The van der Waals surface area contributed by atoms with Gasteiger partial charge in [-0.2, -0.15) is 0 Å². The lowest BCUT2D eigenvalue weighted by Gasteiger charge is -2.18. The molecule has 21 heavy (non-hydrogen) atoms. The van der Waals surface area contributed by atoms with Crippen LogP contribution in [0.4, 0.5) is 4.39 Å². The highest BCUT2D eigenvalue weighted by Gasteiger charge is 2.28. The minimum Gasteiger partial charge on any atom is -0.404 e. The minimum atomic E-state index is -3.66. The van der Waals surface area contributed by atoms with Crippen molar-refractivity contribution < 1.29 is 22.5 Å². The number of rotatable bonds is 10. The highest BCUT2D eigenvalue weighted by molar-refractivity contribution is 7.48. The maximum Gasteiger partial charge on any atom is 0.530 e. The molecule has 0 bridgehead atoms. The summed E-state index contributed by atoms with van der Waals surface area (Å²) in [5, 5.41) is 0. The monoisotopic (exact) mass is 318 g/mol. The van der Waals surface area contributed by atoms with E-state index in [0.717, 1.165) is 25.7 Å². The average Bonchev–Trinajstić information content (AvgIpc) is 2.44. The molecule has 0 aliphatic rings. The molecule has 120 valence electrons. The van der Waals surface area contributed by atoms with Gasteiger partial charge in [-0.05, 0) is 43.5 Å². The van der Waals surface area contributed by atoms with Crippen molar-refractivity contribution in [3.05, 3.63) is 29.6 Å². The highest BCUT2D eigenvalue weighted by Crippen LogP contribution is 2.49. The normalized spacial score (nSPS) is 11.6. The van der Waals surface area contributed by atoms with Crippen LogP contribution >= 0.6 is 7.82 Å². The van der Waals surface area contributed by atoms with Gasteiger partial charge in [0.15, 0.2) is 0 Å². The zero-order valence-electron chi connectivity index (χ0n) is 12.9. The summed E-state index contributed by atoms with van der Waals surface area (Å²) < 4.78 is 41.8. The second kappa shape index (κ2) is 9.19. The van der Waals surface area contributed by atoms with Crippen LogP contribution in [-0.2, 0) is 13.6 Å². The molecule has 4 nitrogen and oxygen atoms in total. The van der Waals surface area contributed by atoms with E-state index in [-0.39, 0.29) is 11.6 Å². The van der Waals surface area contributed by atoms with Gasteiger partial charge in [0.2, 0.25) is 0 Å². The second-order valence-electron chi connectivity index (χ2n) is 4.82. The van der Waals surface area contributed by atoms with Crippen LogP contribution in [0, 0.1) is 12.7 Å². The van der Waals surface area contributed by atoms with Crippen LogP contribution in [0.2, 0.25) is 0 Å². The zero-order valence-corrected chi connectivity index (χ0v) is 13.8. The van der Waals surface area contributed by atoms with E-state index in [9.17, 15) is 8.96 Å². The third-order valence-electron chi connectivity index (χ3n) is 2.84. The number of phosphoric acid groups is 1. The molecule has 0 heterocycles. The highest BCUT2D eigenvalue weighted by atomic mass is 31.2. The van der Waals surface area contributed by atoms with Gasteiger partial charge in [-0.3, -0.25) is 9.05 Å².